The van der Waals surface area contributed by atoms with Gasteiger partial charge in [-0.15, -0.1) is 0 Å². The van der Waals surface area contributed by atoms with Crippen LogP contribution in [0.4, 0.5) is 17.1 Å². The number of carbonyl (C=O) groups is 4. The van der Waals surface area contributed by atoms with Crippen molar-refractivity contribution >= 4 is 78.5 Å². The van der Waals surface area contributed by atoms with Crippen LogP contribution in [0.5, 0.6) is 17.2 Å². The summed E-state index contributed by atoms with van der Waals surface area (Å²) in [6.07, 6.45) is 4.95. The lowest BCUT2D eigenvalue weighted by molar-refractivity contribution is -0.119. The number of anilines is 3. The van der Waals surface area contributed by atoms with E-state index in [4.69, 9.17) is 23.2 Å². The molecule has 436 valence electrons. The first-order valence-electron chi connectivity index (χ1n) is 27.9. The van der Waals surface area contributed by atoms with Gasteiger partial charge in [-0.1, -0.05) is 75.3 Å². The zero-order chi connectivity index (χ0) is 58.1. The molecule has 3 atom stereocenters. The molecule has 82 heavy (non-hydrogen) atoms. The van der Waals surface area contributed by atoms with Gasteiger partial charge in [0.25, 0.3) is 21.9 Å². The molecule has 0 radical (unpaired) electrons. The van der Waals surface area contributed by atoms with Crippen molar-refractivity contribution in [1.29, 1.82) is 0 Å². The normalized spacial score (nSPS) is 17.0. The van der Waals surface area contributed by atoms with E-state index in [2.05, 4.69) is 51.0 Å². The molecule has 0 spiro atoms. The van der Waals surface area contributed by atoms with Crippen LogP contribution in [-0.2, 0) is 67.9 Å². The fourth-order valence-electron chi connectivity index (χ4n) is 11.1. The summed E-state index contributed by atoms with van der Waals surface area (Å²) in [6.45, 7) is 10.6. The van der Waals surface area contributed by atoms with Gasteiger partial charge in [0.1, 0.15) is 30.8 Å². The molecule has 5 aromatic rings. The van der Waals surface area contributed by atoms with Gasteiger partial charge >= 0.3 is 0 Å². The standard InChI is InChI=1S/C62H74N6O11S3/c1-8-64-79-23-14-13-19-54(69)58(82(73,74)76-7)21-24-80-81-62(3,4)22-20-59(70)65-47-27-41(38-77-55-33-53-51(25-40(55)2)61(72)68-36-46-18-12-10-16-44(46)30-49(68)37-66(53)5)26-42(28-47)39-78-57-32-52-50(31-56(57)75-6)60(71)67-35-45-17-11-9-15-43(45)29-48(67)34-63-52/h8-12,15-18,25-28,31-33,48-49,58,63H,13-14,19-24,29-30,34-39H2,1-7H3,(H,65,70)/t48-,49-,58?/m0/s1. The summed E-state index contributed by atoms with van der Waals surface area (Å²) < 4.78 is 49.0. The first-order chi connectivity index (χ1) is 39.4. The molecule has 20 heteroatoms. The molecule has 9 rings (SSSR count). The molecule has 0 fully saturated rings. The van der Waals surface area contributed by atoms with Crippen LogP contribution >= 0.6 is 21.6 Å². The summed E-state index contributed by atoms with van der Waals surface area (Å²) in [6, 6.07) is 29.8. The molecule has 3 amide bonds. The first-order valence-corrected chi connectivity index (χ1v) is 31.7. The van der Waals surface area contributed by atoms with Crippen LogP contribution in [0, 0.1) is 6.92 Å². The van der Waals surface area contributed by atoms with Gasteiger partial charge in [-0.25, -0.2) is 0 Å². The maximum Gasteiger partial charge on any atom is 0.277 e. The number of hydrogen-bond acceptors (Lipinski definition) is 16. The number of fused-ring (bicyclic) bond motifs is 6. The number of carbonyl (C=O) groups excluding carboxylic acids is 4. The number of unbranched alkanes of at least 4 members (excludes halogenated alkanes) is 1. The highest BCUT2D eigenvalue weighted by atomic mass is 33.1. The van der Waals surface area contributed by atoms with E-state index in [1.54, 1.807) is 20.1 Å². The molecule has 0 aliphatic carbocycles. The van der Waals surface area contributed by atoms with Crippen molar-refractivity contribution in [2.75, 3.05) is 62.3 Å². The van der Waals surface area contributed by atoms with Gasteiger partial charge in [0.15, 0.2) is 17.3 Å². The Morgan fingerprint density at radius 3 is 2.13 bits per heavy atom. The number of nitrogens with one attached hydrogen (secondary N) is 2. The summed E-state index contributed by atoms with van der Waals surface area (Å²) >= 11 is 0. The third kappa shape index (κ3) is 14.4. The Morgan fingerprint density at radius 2 is 1.46 bits per heavy atom. The van der Waals surface area contributed by atoms with E-state index in [0.717, 1.165) is 47.9 Å². The highest BCUT2D eigenvalue weighted by Gasteiger charge is 2.38. The molecule has 17 nitrogen and oxygen atoms in total. The number of likely N-dealkylation sites (N-methyl/N-ethyl adjacent to an activating group) is 1. The average molecular weight is 1180 g/mol. The van der Waals surface area contributed by atoms with Gasteiger partial charge in [-0.3, -0.25) is 23.4 Å². The minimum atomic E-state index is -4.09. The van der Waals surface area contributed by atoms with Crippen LogP contribution in [0.2, 0.25) is 0 Å². The number of benzene rings is 5. The molecule has 0 aromatic heterocycles. The van der Waals surface area contributed by atoms with Crippen molar-refractivity contribution in [3.8, 4) is 17.2 Å². The molecule has 5 aromatic carbocycles. The van der Waals surface area contributed by atoms with Crippen LogP contribution in [0.1, 0.15) is 119 Å². The van der Waals surface area contributed by atoms with Gasteiger partial charge in [0, 0.05) is 80.6 Å². The molecule has 0 bridgehead atoms. The lowest BCUT2D eigenvalue weighted by Crippen LogP contribution is -2.47. The Hall–Kier alpha value is -6.74. The Morgan fingerprint density at radius 1 is 0.817 bits per heavy atom. The predicted molar refractivity (Wildman–Crippen MR) is 324 cm³/mol. The second-order valence-electron chi connectivity index (χ2n) is 22.0. The molecule has 0 saturated carbocycles. The van der Waals surface area contributed by atoms with E-state index >= 15 is 0 Å². The number of oxime groups is 1. The lowest BCUT2D eigenvalue weighted by Gasteiger charge is -2.36. The minimum Gasteiger partial charge on any atom is -0.493 e. The van der Waals surface area contributed by atoms with E-state index in [0.29, 0.717) is 97.6 Å². The zero-order valence-corrected chi connectivity index (χ0v) is 50.2. The monoisotopic (exact) mass is 1170 g/mol. The van der Waals surface area contributed by atoms with Crippen molar-refractivity contribution in [3.63, 3.8) is 0 Å². The summed E-state index contributed by atoms with van der Waals surface area (Å²) in [7, 11) is 3.55. The summed E-state index contributed by atoms with van der Waals surface area (Å²) in [5.41, 5.74) is 10.3. The largest absolute Gasteiger partial charge is 0.493 e. The Labute approximate surface area is 489 Å². The number of hydrogen-bond donors (Lipinski definition) is 2. The number of ketones is 1. The van der Waals surface area contributed by atoms with Crippen molar-refractivity contribution in [1.82, 2.24) is 9.80 Å². The van der Waals surface area contributed by atoms with Gasteiger partial charge in [-0.2, -0.15) is 8.42 Å². The molecular formula is C62H74N6O11S3. The second kappa shape index (κ2) is 26.7. The summed E-state index contributed by atoms with van der Waals surface area (Å²) in [5.74, 6) is 1.18. The number of methoxy groups -OCH3 is 1. The number of rotatable bonds is 25. The highest BCUT2D eigenvalue weighted by Crippen LogP contribution is 2.42. The maximum absolute atomic E-state index is 14.3. The third-order valence-electron chi connectivity index (χ3n) is 15.6. The van der Waals surface area contributed by atoms with Crippen molar-refractivity contribution in [2.24, 2.45) is 5.16 Å². The molecule has 4 aliphatic rings. The van der Waals surface area contributed by atoms with Crippen LogP contribution in [0.15, 0.2) is 96.2 Å². The van der Waals surface area contributed by atoms with Crippen molar-refractivity contribution in [2.45, 2.75) is 127 Å². The zero-order valence-electron chi connectivity index (χ0n) is 47.8. The number of nitrogens with zero attached hydrogens (tertiary/aromatic N) is 4. The fraction of sp³-hybridized carbons (Fsp3) is 0.435. The molecule has 4 heterocycles. The van der Waals surface area contributed by atoms with Crippen molar-refractivity contribution < 1.29 is 50.8 Å². The minimum absolute atomic E-state index is 0.00206. The molecule has 2 N–H and O–H groups in total. The third-order valence-corrected chi connectivity index (χ3v) is 20.6. The number of ether oxygens (including phenoxy) is 3. The molecule has 0 saturated heterocycles. The smallest absolute Gasteiger partial charge is 0.277 e. The summed E-state index contributed by atoms with van der Waals surface area (Å²) in [5, 5.41) is 9.07. The quantitative estimate of drug-likeness (QED) is 0.0184. The lowest BCUT2D eigenvalue weighted by atomic mass is 9.93. The fourth-order valence-corrected chi connectivity index (χ4v) is 15.0. The number of amides is 3. The van der Waals surface area contributed by atoms with Crippen molar-refractivity contribution in [3.05, 3.63) is 141 Å². The second-order valence-corrected chi connectivity index (χ2v) is 27.0. The molecular weight excluding hydrogens is 1100 g/mol. The maximum atomic E-state index is 14.3. The molecule has 4 aliphatic heterocycles. The van der Waals surface area contributed by atoms with E-state index in [-0.39, 0.29) is 62.3 Å². The highest BCUT2D eigenvalue weighted by molar-refractivity contribution is 8.77. The van der Waals surface area contributed by atoms with E-state index in [9.17, 15) is 27.6 Å². The van der Waals surface area contributed by atoms with Gasteiger partial charge in [0.05, 0.1) is 48.8 Å². The van der Waals surface area contributed by atoms with Crippen LogP contribution in [0.3, 0.4) is 0 Å². The summed E-state index contributed by atoms with van der Waals surface area (Å²) in [4.78, 5) is 66.6. The Bertz CT molecular complexity index is 3320. The van der Waals surface area contributed by atoms with E-state index in [1.165, 1.54) is 44.5 Å². The SMILES string of the molecule is CC=NOCCCCC(=O)C(CCSSC(C)(C)CCC(=O)Nc1cc(COc2cc3c(cc2C)C(=O)N2Cc4ccccc4C[C@H]2CN3C)cc(COc2cc3c(cc2OC)C(=O)N2Cc4ccccc4C[C@H]2CN3)c1)S(=O)(=O)OC. The van der Waals surface area contributed by atoms with Gasteiger partial charge < -0.3 is 44.4 Å². The van der Waals surface area contributed by atoms with E-state index < -0.39 is 25.9 Å². The number of aryl methyl sites for hydroxylation is 1. The van der Waals surface area contributed by atoms with E-state index in [1.807, 2.05) is 92.2 Å². The van der Waals surface area contributed by atoms with Gasteiger partial charge in [0.2, 0.25) is 5.91 Å². The Balaban J connectivity index is 0.886. The van der Waals surface area contributed by atoms with Crippen LogP contribution in [-0.4, -0.2) is 117 Å². The predicted octanol–water partition coefficient (Wildman–Crippen LogP) is 10.5. The van der Waals surface area contributed by atoms with Crippen LogP contribution in [0.25, 0.3) is 0 Å². The Kier molecular flexibility index (Phi) is 19.5. The van der Waals surface area contributed by atoms with Gasteiger partial charge in [-0.05, 0) is 135 Å². The van der Waals surface area contributed by atoms with Crippen LogP contribution < -0.4 is 29.7 Å². The topological polar surface area (TPSA) is 195 Å². The molecule has 1 unspecified atom stereocenters. The first kappa shape index (κ1) is 59.9. The average Bonchev–Trinajstić information content (AvgIpc) is 3.89. The number of Topliss-reactive ketones (excluding diaryl/α,β-unsaturated/α-hetero) is 1.